The molecule has 3 aromatic rings. The van der Waals surface area contributed by atoms with E-state index in [-0.39, 0.29) is 11.1 Å². The number of carbonyl (C=O) groups excluding carboxylic acids is 3. The van der Waals surface area contributed by atoms with Crippen molar-refractivity contribution in [2.45, 2.75) is 31.5 Å². The van der Waals surface area contributed by atoms with Crippen LogP contribution in [0.15, 0.2) is 76.4 Å². The summed E-state index contributed by atoms with van der Waals surface area (Å²) in [4.78, 5) is 63.0. The molecule has 2 aromatic carbocycles. The van der Waals surface area contributed by atoms with Crippen LogP contribution in [0.1, 0.15) is 33.9 Å². The van der Waals surface area contributed by atoms with Gasteiger partial charge in [-0.3, -0.25) is 19.1 Å². The number of ether oxygens (including phenoxy) is 4. The van der Waals surface area contributed by atoms with Crippen LogP contribution in [-0.2, 0) is 23.7 Å². The van der Waals surface area contributed by atoms with Crippen LogP contribution >= 0.6 is 0 Å². The number of esters is 3. The van der Waals surface area contributed by atoms with Crippen LogP contribution < -0.4 is 11.2 Å². The molecular formula is C25H21FN2O9. The number of rotatable bonds is 7. The third-order valence-electron chi connectivity index (χ3n) is 5.43. The largest absolute Gasteiger partial charge is 0.459 e. The number of nitrogens with one attached hydrogen (secondary N) is 1. The number of benzene rings is 2. The Balaban J connectivity index is 1.68. The third-order valence-corrected chi connectivity index (χ3v) is 5.43. The van der Waals surface area contributed by atoms with Crippen LogP contribution in [0.25, 0.3) is 0 Å². The van der Waals surface area contributed by atoms with Crippen LogP contribution in [0.4, 0.5) is 4.39 Å². The Bertz CT molecular complexity index is 1400. The first-order chi connectivity index (χ1) is 17.7. The van der Waals surface area contributed by atoms with Crippen molar-refractivity contribution >= 4 is 17.9 Å². The van der Waals surface area contributed by atoms with Crippen molar-refractivity contribution in [2.24, 2.45) is 0 Å². The van der Waals surface area contributed by atoms with Crippen LogP contribution in [-0.4, -0.2) is 52.4 Å². The van der Waals surface area contributed by atoms with Crippen molar-refractivity contribution in [2.75, 3.05) is 6.61 Å². The van der Waals surface area contributed by atoms with Crippen molar-refractivity contribution in [1.82, 2.24) is 9.55 Å². The number of aromatic nitrogens is 2. The standard InChI is InChI=1S/C25H21FN2O9/c1-14(29)35-20-19(37-24(32)16-10-6-3-7-11-16)18(13-34-23(31)15-8-4-2-5-9-15)36-22(20)28-12-17(26)21(30)27-25(28)33/h2-12,18-20,22H,13H2,1H3,(H,27,30,33). The van der Waals surface area contributed by atoms with E-state index in [2.05, 4.69) is 0 Å². The summed E-state index contributed by atoms with van der Waals surface area (Å²) in [7, 11) is 0. The monoisotopic (exact) mass is 512 g/mol. The molecule has 192 valence electrons. The molecule has 1 fully saturated rings. The Morgan fingerprint density at radius 1 is 0.919 bits per heavy atom. The van der Waals surface area contributed by atoms with Crippen molar-refractivity contribution in [3.05, 3.63) is 105 Å². The maximum absolute atomic E-state index is 14.0. The molecule has 1 aromatic heterocycles. The second kappa shape index (κ2) is 11.0. The number of carbonyl (C=O) groups is 3. The molecule has 2 heterocycles. The summed E-state index contributed by atoms with van der Waals surface area (Å²) in [6.45, 7) is 0.599. The lowest BCUT2D eigenvalue weighted by Gasteiger charge is -2.24. The maximum Gasteiger partial charge on any atom is 0.338 e. The summed E-state index contributed by atoms with van der Waals surface area (Å²) in [5, 5.41) is 0. The van der Waals surface area contributed by atoms with Gasteiger partial charge in [-0.2, -0.15) is 4.39 Å². The predicted molar refractivity (Wildman–Crippen MR) is 123 cm³/mol. The van der Waals surface area contributed by atoms with E-state index < -0.39 is 66.1 Å². The fraction of sp³-hybridized carbons (Fsp3) is 0.240. The third kappa shape index (κ3) is 5.81. The van der Waals surface area contributed by atoms with Gasteiger partial charge in [-0.05, 0) is 24.3 Å². The molecule has 1 aliphatic rings. The first-order valence-electron chi connectivity index (χ1n) is 11.1. The van der Waals surface area contributed by atoms with Crippen LogP contribution in [0, 0.1) is 5.82 Å². The number of halogens is 1. The number of hydrogen-bond donors (Lipinski definition) is 1. The lowest BCUT2D eigenvalue weighted by Crippen LogP contribution is -2.43. The fourth-order valence-corrected chi connectivity index (χ4v) is 3.76. The summed E-state index contributed by atoms with van der Waals surface area (Å²) in [6, 6.07) is 15.9. The Morgan fingerprint density at radius 2 is 1.51 bits per heavy atom. The molecule has 4 rings (SSSR count). The highest BCUT2D eigenvalue weighted by Gasteiger charge is 2.51. The van der Waals surface area contributed by atoms with E-state index in [0.29, 0.717) is 10.8 Å². The molecule has 0 radical (unpaired) electrons. The molecule has 0 saturated carbocycles. The lowest BCUT2D eigenvalue weighted by molar-refractivity contribution is -0.156. The second-order valence-electron chi connectivity index (χ2n) is 7.98. The van der Waals surface area contributed by atoms with Crippen molar-refractivity contribution in [3.63, 3.8) is 0 Å². The van der Waals surface area contributed by atoms with Crippen molar-refractivity contribution < 1.29 is 37.7 Å². The highest BCUT2D eigenvalue weighted by molar-refractivity contribution is 5.90. The maximum atomic E-state index is 14.0. The molecule has 11 nitrogen and oxygen atoms in total. The Labute approximate surface area is 208 Å². The van der Waals surface area contributed by atoms with Crippen molar-refractivity contribution in [1.29, 1.82) is 0 Å². The first-order valence-corrected chi connectivity index (χ1v) is 11.1. The van der Waals surface area contributed by atoms with Gasteiger partial charge in [-0.1, -0.05) is 36.4 Å². The second-order valence-corrected chi connectivity index (χ2v) is 7.98. The molecule has 1 saturated heterocycles. The van der Waals surface area contributed by atoms with E-state index in [4.69, 9.17) is 18.9 Å². The fourth-order valence-electron chi connectivity index (χ4n) is 3.76. The van der Waals surface area contributed by atoms with E-state index >= 15 is 0 Å². The Morgan fingerprint density at radius 3 is 2.11 bits per heavy atom. The normalized spacial score (nSPS) is 20.7. The molecule has 0 spiro atoms. The average Bonchev–Trinajstić information content (AvgIpc) is 3.21. The first kappa shape index (κ1) is 25.5. The van der Waals surface area contributed by atoms with E-state index in [1.807, 2.05) is 0 Å². The molecule has 37 heavy (non-hydrogen) atoms. The Hall–Kier alpha value is -4.58. The van der Waals surface area contributed by atoms with Gasteiger partial charge in [-0.15, -0.1) is 0 Å². The quantitative estimate of drug-likeness (QED) is 0.369. The van der Waals surface area contributed by atoms with Crippen LogP contribution in [0.5, 0.6) is 0 Å². The molecular weight excluding hydrogens is 491 g/mol. The average molecular weight is 512 g/mol. The molecule has 0 amide bonds. The van der Waals surface area contributed by atoms with Crippen LogP contribution in [0.2, 0.25) is 0 Å². The molecule has 4 atom stereocenters. The van der Waals surface area contributed by atoms with Gasteiger partial charge in [0.2, 0.25) is 5.82 Å². The summed E-state index contributed by atoms with van der Waals surface area (Å²) in [6.07, 6.45) is -5.04. The predicted octanol–water partition coefficient (Wildman–Crippen LogP) is 1.59. The highest BCUT2D eigenvalue weighted by atomic mass is 19.1. The van der Waals surface area contributed by atoms with Gasteiger partial charge in [0.1, 0.15) is 12.7 Å². The number of nitrogens with zero attached hydrogens (tertiary/aromatic N) is 1. The number of hydrogen-bond acceptors (Lipinski definition) is 9. The minimum atomic E-state index is -1.53. The van der Waals surface area contributed by atoms with Gasteiger partial charge in [-0.25, -0.2) is 14.4 Å². The molecule has 12 heteroatoms. The molecule has 0 bridgehead atoms. The van der Waals surface area contributed by atoms with Crippen molar-refractivity contribution in [3.8, 4) is 0 Å². The zero-order chi connectivity index (χ0) is 26.5. The zero-order valence-corrected chi connectivity index (χ0v) is 19.4. The van der Waals surface area contributed by atoms with E-state index in [1.54, 1.807) is 41.4 Å². The van der Waals surface area contributed by atoms with E-state index in [0.717, 1.165) is 6.92 Å². The summed E-state index contributed by atoms with van der Waals surface area (Å²) >= 11 is 0. The van der Waals surface area contributed by atoms with Gasteiger partial charge in [0.05, 0.1) is 17.3 Å². The van der Waals surface area contributed by atoms with E-state index in [9.17, 15) is 28.4 Å². The van der Waals surface area contributed by atoms with Gasteiger partial charge in [0, 0.05) is 6.92 Å². The zero-order valence-electron chi connectivity index (χ0n) is 19.4. The van der Waals surface area contributed by atoms with E-state index in [1.165, 1.54) is 24.3 Å². The number of aromatic amines is 1. The minimum Gasteiger partial charge on any atom is -0.459 e. The number of H-pyrrole nitrogens is 1. The van der Waals surface area contributed by atoms with Crippen LogP contribution in [0.3, 0.4) is 0 Å². The molecule has 1 N–H and O–H groups in total. The van der Waals surface area contributed by atoms with Gasteiger partial charge in [0.25, 0.3) is 5.56 Å². The van der Waals surface area contributed by atoms with Gasteiger partial charge < -0.3 is 18.9 Å². The lowest BCUT2D eigenvalue weighted by atomic mass is 10.1. The SMILES string of the molecule is CC(=O)OC1C(OC(=O)c2ccccc2)C(COC(=O)c2ccccc2)OC1n1cc(F)c(=O)[nH]c1=O. The molecule has 1 aliphatic heterocycles. The summed E-state index contributed by atoms with van der Waals surface area (Å²) < 4.78 is 36.8. The molecule has 4 unspecified atom stereocenters. The highest BCUT2D eigenvalue weighted by Crippen LogP contribution is 2.34. The topological polar surface area (TPSA) is 143 Å². The molecule has 0 aliphatic carbocycles. The summed E-state index contributed by atoms with van der Waals surface area (Å²) in [5.74, 6) is -3.65. The van der Waals surface area contributed by atoms with Gasteiger partial charge in [0.15, 0.2) is 18.4 Å². The smallest absolute Gasteiger partial charge is 0.338 e. The summed E-state index contributed by atoms with van der Waals surface area (Å²) in [5.41, 5.74) is -1.92. The minimum absolute atomic E-state index is 0.166. The van der Waals surface area contributed by atoms with Gasteiger partial charge >= 0.3 is 23.6 Å². The Kier molecular flexibility index (Phi) is 7.58.